The Bertz CT molecular complexity index is 285. The highest BCUT2D eigenvalue weighted by atomic mass is 16.3. The standard InChI is InChI=1S/C12H22N2O2/c1-5-11(3,9-13)10(16)14-12(4,6-2)7-8-15/h15H,5-8H2,1-4H3,(H,14,16). The molecule has 0 heterocycles. The summed E-state index contributed by atoms with van der Waals surface area (Å²) in [5.41, 5.74) is -1.41. The second kappa shape index (κ2) is 5.86. The molecule has 0 fully saturated rings. The van der Waals surface area contributed by atoms with Crippen molar-refractivity contribution in [3.8, 4) is 6.07 Å². The molecule has 2 atom stereocenters. The van der Waals surface area contributed by atoms with Gasteiger partial charge in [-0.2, -0.15) is 5.26 Å². The van der Waals surface area contributed by atoms with E-state index in [4.69, 9.17) is 10.4 Å². The van der Waals surface area contributed by atoms with Crippen LogP contribution in [0, 0.1) is 16.7 Å². The van der Waals surface area contributed by atoms with E-state index in [0.717, 1.165) is 6.42 Å². The second-order valence-electron chi connectivity index (χ2n) is 4.64. The fourth-order valence-electron chi connectivity index (χ4n) is 1.28. The van der Waals surface area contributed by atoms with Crippen molar-refractivity contribution in [3.05, 3.63) is 0 Å². The van der Waals surface area contributed by atoms with E-state index in [1.54, 1.807) is 6.92 Å². The molecule has 0 aliphatic rings. The average Bonchev–Trinajstić information content (AvgIpc) is 2.28. The topological polar surface area (TPSA) is 73.1 Å². The minimum atomic E-state index is -0.980. The van der Waals surface area contributed by atoms with Gasteiger partial charge in [0, 0.05) is 12.1 Å². The van der Waals surface area contributed by atoms with E-state index in [0.29, 0.717) is 12.8 Å². The fourth-order valence-corrected chi connectivity index (χ4v) is 1.28. The van der Waals surface area contributed by atoms with Gasteiger partial charge in [0.25, 0.3) is 0 Å². The Kier molecular flexibility index (Phi) is 5.46. The SMILES string of the molecule is CCC(C)(CCO)NC(=O)C(C)(C#N)CC. The van der Waals surface area contributed by atoms with Crippen LogP contribution >= 0.6 is 0 Å². The highest BCUT2D eigenvalue weighted by molar-refractivity contribution is 5.85. The predicted molar refractivity (Wildman–Crippen MR) is 62.6 cm³/mol. The molecule has 1 amide bonds. The van der Waals surface area contributed by atoms with Gasteiger partial charge in [-0.3, -0.25) is 4.79 Å². The molecule has 2 N–H and O–H groups in total. The van der Waals surface area contributed by atoms with E-state index in [1.165, 1.54) is 0 Å². The zero-order chi connectivity index (χ0) is 12.8. The van der Waals surface area contributed by atoms with Crippen molar-refractivity contribution in [2.45, 2.75) is 52.5 Å². The number of nitrogens with zero attached hydrogens (tertiary/aromatic N) is 1. The van der Waals surface area contributed by atoms with Gasteiger partial charge in [0.15, 0.2) is 0 Å². The highest BCUT2D eigenvalue weighted by Gasteiger charge is 2.35. The molecule has 0 aromatic heterocycles. The summed E-state index contributed by atoms with van der Waals surface area (Å²) in [6, 6.07) is 2.04. The van der Waals surface area contributed by atoms with Crippen molar-refractivity contribution < 1.29 is 9.90 Å². The van der Waals surface area contributed by atoms with E-state index in [9.17, 15) is 4.79 Å². The first-order chi connectivity index (χ1) is 7.37. The number of carbonyl (C=O) groups is 1. The van der Waals surface area contributed by atoms with Crippen LogP contribution in [-0.2, 0) is 4.79 Å². The quantitative estimate of drug-likeness (QED) is 0.722. The van der Waals surface area contributed by atoms with Crippen LogP contribution in [0.15, 0.2) is 0 Å². The number of rotatable bonds is 6. The molecule has 92 valence electrons. The second-order valence-corrected chi connectivity index (χ2v) is 4.64. The Morgan fingerprint density at radius 1 is 1.38 bits per heavy atom. The van der Waals surface area contributed by atoms with Crippen LogP contribution < -0.4 is 5.32 Å². The summed E-state index contributed by atoms with van der Waals surface area (Å²) in [5, 5.41) is 20.8. The van der Waals surface area contributed by atoms with Crippen molar-refractivity contribution in [3.63, 3.8) is 0 Å². The normalized spacial score (nSPS) is 18.0. The van der Waals surface area contributed by atoms with Gasteiger partial charge in [-0.25, -0.2) is 0 Å². The molecule has 0 aliphatic carbocycles. The van der Waals surface area contributed by atoms with Crippen molar-refractivity contribution in [1.82, 2.24) is 5.32 Å². The molecule has 4 heteroatoms. The summed E-state index contributed by atoms with van der Waals surface area (Å²) < 4.78 is 0. The molecule has 0 aliphatic heterocycles. The van der Waals surface area contributed by atoms with Crippen LogP contribution in [0.25, 0.3) is 0 Å². The molecule has 16 heavy (non-hydrogen) atoms. The zero-order valence-corrected chi connectivity index (χ0v) is 10.6. The molecule has 0 bridgehead atoms. The molecule has 0 saturated heterocycles. The highest BCUT2D eigenvalue weighted by Crippen LogP contribution is 2.23. The molecule has 0 saturated carbocycles. The molecular formula is C12H22N2O2. The molecule has 0 rings (SSSR count). The molecule has 0 aromatic carbocycles. The molecular weight excluding hydrogens is 204 g/mol. The first-order valence-electron chi connectivity index (χ1n) is 5.72. The van der Waals surface area contributed by atoms with Crippen molar-refractivity contribution in [1.29, 1.82) is 5.26 Å². The molecule has 0 spiro atoms. The number of hydrogen-bond donors (Lipinski definition) is 2. The summed E-state index contributed by atoms with van der Waals surface area (Å²) in [4.78, 5) is 12.0. The average molecular weight is 226 g/mol. The van der Waals surface area contributed by atoms with Crippen LogP contribution in [0.4, 0.5) is 0 Å². The summed E-state index contributed by atoms with van der Waals surface area (Å²) in [6.45, 7) is 7.32. The van der Waals surface area contributed by atoms with Gasteiger partial charge >= 0.3 is 0 Å². The van der Waals surface area contributed by atoms with Crippen molar-refractivity contribution >= 4 is 5.91 Å². The number of aliphatic hydroxyl groups excluding tert-OH is 1. The maximum Gasteiger partial charge on any atom is 0.240 e. The van der Waals surface area contributed by atoms with Gasteiger partial charge < -0.3 is 10.4 Å². The molecule has 0 radical (unpaired) electrons. The number of amides is 1. The Morgan fingerprint density at radius 2 is 1.94 bits per heavy atom. The van der Waals surface area contributed by atoms with Gasteiger partial charge in [-0.15, -0.1) is 0 Å². The Balaban J connectivity index is 4.72. The Morgan fingerprint density at radius 3 is 2.25 bits per heavy atom. The van der Waals surface area contributed by atoms with Gasteiger partial charge in [-0.05, 0) is 33.1 Å². The minimum Gasteiger partial charge on any atom is -0.396 e. The maximum absolute atomic E-state index is 12.0. The largest absolute Gasteiger partial charge is 0.396 e. The number of nitriles is 1. The Hall–Kier alpha value is -1.08. The van der Waals surface area contributed by atoms with E-state index in [2.05, 4.69) is 5.32 Å². The predicted octanol–water partition coefficient (Wildman–Crippen LogP) is 1.59. The van der Waals surface area contributed by atoms with Gasteiger partial charge in [0.1, 0.15) is 5.41 Å². The maximum atomic E-state index is 12.0. The lowest BCUT2D eigenvalue weighted by Gasteiger charge is -2.32. The zero-order valence-electron chi connectivity index (χ0n) is 10.6. The van der Waals surface area contributed by atoms with Crippen molar-refractivity contribution in [2.75, 3.05) is 6.61 Å². The summed E-state index contributed by atoms with van der Waals surface area (Å²) in [6.07, 6.45) is 1.71. The molecule has 0 aromatic rings. The number of nitrogens with one attached hydrogen (secondary N) is 1. The third-order valence-electron chi connectivity index (χ3n) is 3.31. The summed E-state index contributed by atoms with van der Waals surface area (Å²) >= 11 is 0. The van der Waals surface area contributed by atoms with Crippen molar-refractivity contribution in [2.24, 2.45) is 5.41 Å². The van der Waals surface area contributed by atoms with Crippen LogP contribution in [-0.4, -0.2) is 23.2 Å². The molecule has 2 unspecified atom stereocenters. The van der Waals surface area contributed by atoms with Gasteiger partial charge in [0.2, 0.25) is 5.91 Å². The summed E-state index contributed by atoms with van der Waals surface area (Å²) in [7, 11) is 0. The third kappa shape index (κ3) is 3.49. The van der Waals surface area contributed by atoms with Crippen LogP contribution in [0.2, 0.25) is 0 Å². The van der Waals surface area contributed by atoms with Crippen LogP contribution in [0.3, 0.4) is 0 Å². The van der Waals surface area contributed by atoms with E-state index >= 15 is 0 Å². The number of aliphatic hydroxyl groups is 1. The van der Waals surface area contributed by atoms with Gasteiger partial charge in [-0.1, -0.05) is 13.8 Å². The van der Waals surface area contributed by atoms with Crippen LogP contribution in [0.1, 0.15) is 47.0 Å². The summed E-state index contributed by atoms with van der Waals surface area (Å²) in [5.74, 6) is -0.254. The lowest BCUT2D eigenvalue weighted by atomic mass is 9.86. The fraction of sp³-hybridized carbons (Fsp3) is 0.833. The first kappa shape index (κ1) is 14.9. The van der Waals surface area contributed by atoms with Gasteiger partial charge in [0.05, 0.1) is 6.07 Å². The third-order valence-corrected chi connectivity index (χ3v) is 3.31. The number of carbonyl (C=O) groups excluding carboxylic acids is 1. The first-order valence-corrected chi connectivity index (χ1v) is 5.72. The van der Waals surface area contributed by atoms with Crippen LogP contribution in [0.5, 0.6) is 0 Å². The lowest BCUT2D eigenvalue weighted by molar-refractivity contribution is -0.129. The Labute approximate surface area is 97.7 Å². The lowest BCUT2D eigenvalue weighted by Crippen LogP contribution is -2.51. The van der Waals surface area contributed by atoms with E-state index < -0.39 is 11.0 Å². The minimum absolute atomic E-state index is 0.0278. The monoisotopic (exact) mass is 226 g/mol. The number of hydrogen-bond acceptors (Lipinski definition) is 3. The van der Waals surface area contributed by atoms with E-state index in [1.807, 2.05) is 26.8 Å². The molecule has 4 nitrogen and oxygen atoms in total. The van der Waals surface area contributed by atoms with E-state index in [-0.39, 0.29) is 12.5 Å². The smallest absolute Gasteiger partial charge is 0.240 e.